The molecule has 1 aromatic rings. The van der Waals surface area contributed by atoms with Crippen molar-refractivity contribution in [3.05, 3.63) is 29.3 Å². The summed E-state index contributed by atoms with van der Waals surface area (Å²) in [6.07, 6.45) is 2.54. The van der Waals surface area contributed by atoms with E-state index >= 15 is 0 Å². The van der Waals surface area contributed by atoms with Crippen LogP contribution in [0, 0.1) is 0 Å². The highest BCUT2D eigenvalue weighted by molar-refractivity contribution is 6.30. The number of aliphatic imine (C=N–C) groups is 1. The van der Waals surface area contributed by atoms with Gasteiger partial charge in [0.2, 0.25) is 0 Å². The molecule has 1 aliphatic rings. The van der Waals surface area contributed by atoms with E-state index in [1.54, 1.807) is 0 Å². The first kappa shape index (κ1) is 11.3. The fourth-order valence-electron chi connectivity index (χ4n) is 1.70. The Kier molecular flexibility index (Phi) is 3.67. The molecule has 1 aromatic carbocycles. The van der Waals surface area contributed by atoms with Crippen molar-refractivity contribution in [2.75, 3.05) is 24.6 Å². The fraction of sp³-hybridized carbons (Fsp3) is 0.417. The molecule has 0 aliphatic carbocycles. The van der Waals surface area contributed by atoms with Crippen molar-refractivity contribution >= 4 is 23.7 Å². The zero-order valence-corrected chi connectivity index (χ0v) is 9.94. The maximum atomic E-state index is 5.86. The van der Waals surface area contributed by atoms with E-state index in [1.165, 1.54) is 0 Å². The lowest BCUT2D eigenvalue weighted by molar-refractivity contribution is 0.328. The van der Waals surface area contributed by atoms with Gasteiger partial charge in [0.15, 0.2) is 0 Å². The van der Waals surface area contributed by atoms with E-state index in [1.807, 2.05) is 24.3 Å². The molecular formula is C12H14ClN2O. The van der Waals surface area contributed by atoms with Crippen molar-refractivity contribution in [3.63, 3.8) is 0 Å². The summed E-state index contributed by atoms with van der Waals surface area (Å²) in [5.74, 6) is 0. The quantitative estimate of drug-likeness (QED) is 0.804. The number of hydrogen-bond acceptors (Lipinski definition) is 3. The molecule has 0 aromatic heterocycles. The minimum atomic E-state index is 0.190. The van der Waals surface area contributed by atoms with Crippen molar-refractivity contribution < 1.29 is 4.74 Å². The zero-order chi connectivity index (χ0) is 11.4. The smallest absolute Gasteiger partial charge is 0.273 e. The van der Waals surface area contributed by atoms with Gasteiger partial charge in [-0.2, -0.15) is 0 Å². The van der Waals surface area contributed by atoms with Crippen LogP contribution in [-0.4, -0.2) is 32.1 Å². The third kappa shape index (κ3) is 2.67. The maximum absolute atomic E-state index is 5.86. The minimum Gasteiger partial charge on any atom is -0.472 e. The highest BCUT2D eigenvalue weighted by Gasteiger charge is 2.16. The Bertz CT molecular complexity index is 364. The van der Waals surface area contributed by atoms with Gasteiger partial charge in [-0.3, -0.25) is 0 Å². The van der Waals surface area contributed by atoms with E-state index in [4.69, 9.17) is 16.3 Å². The summed E-state index contributed by atoms with van der Waals surface area (Å²) in [6.45, 7) is 4.54. The van der Waals surface area contributed by atoms with E-state index in [-0.39, 0.29) is 6.04 Å². The van der Waals surface area contributed by atoms with Gasteiger partial charge in [-0.15, -0.1) is 0 Å². The van der Waals surface area contributed by atoms with Crippen molar-refractivity contribution in [3.8, 4) is 0 Å². The van der Waals surface area contributed by atoms with E-state index in [0.29, 0.717) is 6.61 Å². The van der Waals surface area contributed by atoms with Gasteiger partial charge < -0.3 is 9.64 Å². The van der Waals surface area contributed by atoms with Gasteiger partial charge in [-0.1, -0.05) is 11.6 Å². The van der Waals surface area contributed by atoms with Gasteiger partial charge in [0.1, 0.15) is 12.6 Å². The maximum Gasteiger partial charge on any atom is 0.273 e. The number of nitrogens with zero attached hydrogens (tertiary/aromatic N) is 2. The van der Waals surface area contributed by atoms with Gasteiger partial charge in [-0.25, -0.2) is 4.99 Å². The molecular weight excluding hydrogens is 224 g/mol. The number of benzene rings is 1. The molecule has 2 rings (SSSR count). The molecule has 4 heteroatoms. The molecule has 16 heavy (non-hydrogen) atoms. The first-order valence-corrected chi connectivity index (χ1v) is 5.74. The highest BCUT2D eigenvalue weighted by Crippen LogP contribution is 2.18. The summed E-state index contributed by atoms with van der Waals surface area (Å²) in [4.78, 5) is 6.38. The van der Waals surface area contributed by atoms with Gasteiger partial charge in [0.05, 0.1) is 0 Å². The lowest BCUT2D eigenvalue weighted by Crippen LogP contribution is -2.32. The van der Waals surface area contributed by atoms with Crippen LogP contribution in [0.4, 0.5) is 5.69 Å². The van der Waals surface area contributed by atoms with Crippen LogP contribution in [-0.2, 0) is 4.74 Å². The molecule has 0 N–H and O–H groups in total. The van der Waals surface area contributed by atoms with Crippen LogP contribution >= 0.6 is 11.6 Å². The Morgan fingerprint density at radius 2 is 2.25 bits per heavy atom. The van der Waals surface area contributed by atoms with Crippen LogP contribution in [0.25, 0.3) is 0 Å². The normalized spacial score (nSPS) is 18.5. The van der Waals surface area contributed by atoms with Crippen LogP contribution in [0.15, 0.2) is 29.3 Å². The predicted molar refractivity (Wildman–Crippen MR) is 66.5 cm³/mol. The summed E-state index contributed by atoms with van der Waals surface area (Å²) >= 11 is 5.86. The molecule has 1 heterocycles. The topological polar surface area (TPSA) is 24.8 Å². The molecule has 0 saturated carbocycles. The Labute approximate surface area is 101 Å². The first-order chi connectivity index (χ1) is 7.79. The Hall–Kier alpha value is -1.22. The average molecular weight is 238 g/mol. The summed E-state index contributed by atoms with van der Waals surface area (Å²) in [5, 5.41) is 0.760. The SMILES string of the molecule is CCN(CC1CO[C]=N1)c1ccc(Cl)cc1. The molecule has 85 valence electrons. The van der Waals surface area contributed by atoms with Crippen molar-refractivity contribution in [1.82, 2.24) is 0 Å². The van der Waals surface area contributed by atoms with Gasteiger partial charge in [0, 0.05) is 23.8 Å². The van der Waals surface area contributed by atoms with E-state index in [0.717, 1.165) is 23.8 Å². The van der Waals surface area contributed by atoms with Crippen LogP contribution in [0.3, 0.4) is 0 Å². The molecule has 0 spiro atoms. The van der Waals surface area contributed by atoms with E-state index < -0.39 is 0 Å². The summed E-state index contributed by atoms with van der Waals surface area (Å²) in [7, 11) is 0. The van der Waals surface area contributed by atoms with Crippen LogP contribution in [0.1, 0.15) is 6.92 Å². The van der Waals surface area contributed by atoms with Gasteiger partial charge >= 0.3 is 0 Å². The molecule has 1 atom stereocenters. The summed E-state index contributed by atoms with van der Waals surface area (Å²) in [6, 6.07) is 8.04. The van der Waals surface area contributed by atoms with E-state index in [2.05, 4.69) is 23.2 Å². The van der Waals surface area contributed by atoms with E-state index in [9.17, 15) is 0 Å². The Balaban J connectivity index is 2.03. The number of likely N-dealkylation sites (N-methyl/N-ethyl adjacent to an activating group) is 1. The molecule has 3 nitrogen and oxygen atoms in total. The second-order valence-electron chi connectivity index (χ2n) is 3.70. The molecule has 1 radical (unpaired) electrons. The van der Waals surface area contributed by atoms with Gasteiger partial charge in [0.25, 0.3) is 6.40 Å². The van der Waals surface area contributed by atoms with Crippen LogP contribution < -0.4 is 4.90 Å². The third-order valence-electron chi connectivity index (χ3n) is 2.58. The Morgan fingerprint density at radius 3 is 2.81 bits per heavy atom. The largest absolute Gasteiger partial charge is 0.472 e. The number of halogens is 1. The average Bonchev–Trinajstić information content (AvgIpc) is 2.80. The summed E-state index contributed by atoms with van der Waals surface area (Å²) in [5.41, 5.74) is 1.16. The number of ether oxygens (including phenoxy) is 1. The van der Waals surface area contributed by atoms with Crippen molar-refractivity contribution in [2.45, 2.75) is 13.0 Å². The second kappa shape index (κ2) is 5.21. The molecule has 0 amide bonds. The lowest BCUT2D eigenvalue weighted by atomic mass is 10.2. The minimum absolute atomic E-state index is 0.190. The number of anilines is 1. The molecule has 1 aliphatic heterocycles. The first-order valence-electron chi connectivity index (χ1n) is 5.36. The van der Waals surface area contributed by atoms with Crippen LogP contribution in [0.5, 0.6) is 0 Å². The van der Waals surface area contributed by atoms with Crippen molar-refractivity contribution in [2.24, 2.45) is 4.99 Å². The standard InChI is InChI=1S/C12H14ClN2O/c1-2-15(7-11-8-16-9-14-11)12-5-3-10(13)4-6-12/h3-6,11H,2,7-8H2,1H3. The fourth-order valence-corrected chi connectivity index (χ4v) is 1.83. The van der Waals surface area contributed by atoms with Gasteiger partial charge in [-0.05, 0) is 31.2 Å². The molecule has 0 fully saturated rings. The van der Waals surface area contributed by atoms with Crippen molar-refractivity contribution in [1.29, 1.82) is 0 Å². The predicted octanol–water partition coefficient (Wildman–Crippen LogP) is 2.47. The monoisotopic (exact) mass is 237 g/mol. The molecule has 0 bridgehead atoms. The molecule has 1 unspecified atom stereocenters. The third-order valence-corrected chi connectivity index (χ3v) is 2.83. The Morgan fingerprint density at radius 1 is 1.50 bits per heavy atom. The number of hydrogen-bond donors (Lipinski definition) is 0. The van der Waals surface area contributed by atoms with Crippen LogP contribution in [0.2, 0.25) is 5.02 Å². The number of rotatable bonds is 4. The zero-order valence-electron chi connectivity index (χ0n) is 9.19. The molecule has 0 saturated heterocycles. The highest BCUT2D eigenvalue weighted by atomic mass is 35.5. The second-order valence-corrected chi connectivity index (χ2v) is 4.14. The lowest BCUT2D eigenvalue weighted by Gasteiger charge is -2.24. The summed E-state index contributed by atoms with van der Waals surface area (Å²) < 4.78 is 4.99.